The van der Waals surface area contributed by atoms with E-state index in [-0.39, 0.29) is 0 Å². The minimum absolute atomic E-state index is 0.403. The second-order valence-corrected chi connectivity index (χ2v) is 6.60. The molecular weight excluding hydrogens is 372 g/mol. The van der Waals surface area contributed by atoms with Gasteiger partial charge in [-0.15, -0.1) is 0 Å². The van der Waals surface area contributed by atoms with Crippen LogP contribution in [0.1, 0.15) is 18.5 Å². The summed E-state index contributed by atoms with van der Waals surface area (Å²) >= 11 is 5.63. The van der Waals surface area contributed by atoms with E-state index < -0.39 is 12.0 Å². The first-order valence-electron chi connectivity index (χ1n) is 8.85. The number of esters is 1. The number of hydrogen-bond donors (Lipinski definition) is 1. The predicted molar refractivity (Wildman–Crippen MR) is 114 cm³/mol. The molecule has 0 amide bonds. The van der Waals surface area contributed by atoms with Gasteiger partial charge in [0.05, 0.1) is 18.7 Å². The van der Waals surface area contributed by atoms with Crippen LogP contribution in [-0.4, -0.2) is 24.8 Å². The van der Waals surface area contributed by atoms with Crippen molar-refractivity contribution < 1.29 is 14.3 Å². The van der Waals surface area contributed by atoms with E-state index in [9.17, 15) is 4.79 Å². The molecule has 1 aliphatic heterocycles. The number of benzene rings is 2. The Morgan fingerprint density at radius 1 is 1.25 bits per heavy atom. The highest BCUT2D eigenvalue weighted by atomic mass is 32.1. The number of rotatable bonds is 6. The number of carbonyl (C=O) groups is 1. The SMILES string of the molecule is C=CCOc1cccc([C@H]2NC(=S)N(c3ccccc3)C(C)=C2C(=O)OC)c1. The van der Waals surface area contributed by atoms with E-state index in [1.807, 2.05) is 66.4 Å². The third kappa shape index (κ3) is 3.92. The van der Waals surface area contributed by atoms with Crippen LogP contribution in [0.5, 0.6) is 5.75 Å². The Balaban J connectivity index is 2.07. The molecule has 6 heteroatoms. The van der Waals surface area contributed by atoms with Crippen molar-refractivity contribution in [2.24, 2.45) is 0 Å². The molecular formula is C22H22N2O3S. The fraction of sp³-hybridized carbons (Fsp3) is 0.182. The maximum Gasteiger partial charge on any atom is 0.337 e. The van der Waals surface area contributed by atoms with Gasteiger partial charge in [-0.1, -0.05) is 43.0 Å². The van der Waals surface area contributed by atoms with Crippen molar-refractivity contribution in [2.45, 2.75) is 13.0 Å². The van der Waals surface area contributed by atoms with Gasteiger partial charge in [-0.05, 0) is 49.0 Å². The molecule has 0 aromatic heterocycles. The highest BCUT2D eigenvalue weighted by Gasteiger charge is 2.35. The number of thiocarbonyl (C=S) groups is 1. The Labute approximate surface area is 170 Å². The average Bonchev–Trinajstić information content (AvgIpc) is 2.72. The molecule has 0 spiro atoms. The Bertz CT molecular complexity index is 924. The highest BCUT2D eigenvalue weighted by Crippen LogP contribution is 2.35. The van der Waals surface area contributed by atoms with Crippen molar-refractivity contribution >= 4 is 29.0 Å². The van der Waals surface area contributed by atoms with Gasteiger partial charge >= 0.3 is 5.97 Å². The van der Waals surface area contributed by atoms with E-state index >= 15 is 0 Å². The summed E-state index contributed by atoms with van der Waals surface area (Å²) in [5.41, 5.74) is 2.96. The van der Waals surface area contributed by atoms with Gasteiger partial charge in [-0.3, -0.25) is 4.90 Å². The molecule has 28 heavy (non-hydrogen) atoms. The highest BCUT2D eigenvalue weighted by molar-refractivity contribution is 7.80. The van der Waals surface area contributed by atoms with E-state index in [1.54, 1.807) is 6.08 Å². The van der Waals surface area contributed by atoms with Gasteiger partial charge in [0.1, 0.15) is 12.4 Å². The first-order chi connectivity index (χ1) is 13.6. The fourth-order valence-electron chi connectivity index (χ4n) is 3.19. The molecule has 0 radical (unpaired) electrons. The number of allylic oxidation sites excluding steroid dienone is 1. The van der Waals surface area contributed by atoms with E-state index in [1.165, 1.54) is 7.11 Å². The van der Waals surface area contributed by atoms with Crippen LogP contribution in [0.2, 0.25) is 0 Å². The van der Waals surface area contributed by atoms with Crippen LogP contribution in [0.15, 0.2) is 78.5 Å². The van der Waals surface area contributed by atoms with Crippen molar-refractivity contribution in [3.05, 3.63) is 84.1 Å². The zero-order valence-corrected chi connectivity index (χ0v) is 16.7. The number of carbonyl (C=O) groups excluding carboxylic acids is 1. The summed E-state index contributed by atoms with van der Waals surface area (Å²) in [5, 5.41) is 3.80. The lowest BCUT2D eigenvalue weighted by Gasteiger charge is -2.37. The number of anilines is 1. The van der Waals surface area contributed by atoms with Crippen molar-refractivity contribution in [1.29, 1.82) is 0 Å². The van der Waals surface area contributed by atoms with Gasteiger partial charge in [0.15, 0.2) is 5.11 Å². The van der Waals surface area contributed by atoms with Crippen LogP contribution in [0.4, 0.5) is 5.69 Å². The number of nitrogens with one attached hydrogen (secondary N) is 1. The normalized spacial score (nSPS) is 16.4. The van der Waals surface area contributed by atoms with Crippen molar-refractivity contribution in [1.82, 2.24) is 5.32 Å². The van der Waals surface area contributed by atoms with Crippen LogP contribution in [0.25, 0.3) is 0 Å². The van der Waals surface area contributed by atoms with E-state index in [0.717, 1.165) is 16.9 Å². The topological polar surface area (TPSA) is 50.8 Å². The summed E-state index contributed by atoms with van der Waals surface area (Å²) < 4.78 is 10.7. The lowest BCUT2D eigenvalue weighted by atomic mass is 9.94. The zero-order valence-electron chi connectivity index (χ0n) is 15.8. The number of ether oxygens (including phenoxy) is 2. The van der Waals surface area contributed by atoms with E-state index in [2.05, 4.69) is 11.9 Å². The van der Waals surface area contributed by atoms with Gasteiger partial charge < -0.3 is 14.8 Å². The average molecular weight is 394 g/mol. The summed E-state index contributed by atoms with van der Waals surface area (Å²) in [6.07, 6.45) is 1.68. The van der Waals surface area contributed by atoms with E-state index in [0.29, 0.717) is 23.0 Å². The molecule has 3 rings (SSSR count). The van der Waals surface area contributed by atoms with Gasteiger partial charge in [-0.25, -0.2) is 4.79 Å². The molecule has 1 aliphatic rings. The molecule has 0 aliphatic carbocycles. The zero-order chi connectivity index (χ0) is 20.1. The third-order valence-electron chi connectivity index (χ3n) is 4.46. The second kappa shape index (κ2) is 8.71. The van der Waals surface area contributed by atoms with Crippen molar-refractivity contribution in [3.63, 3.8) is 0 Å². The van der Waals surface area contributed by atoms with Crippen LogP contribution in [-0.2, 0) is 9.53 Å². The first-order valence-corrected chi connectivity index (χ1v) is 9.26. The summed E-state index contributed by atoms with van der Waals surface area (Å²) in [5.74, 6) is 0.285. The summed E-state index contributed by atoms with van der Waals surface area (Å²) in [4.78, 5) is 14.5. The molecule has 5 nitrogen and oxygen atoms in total. The number of nitrogens with zero attached hydrogens (tertiary/aromatic N) is 1. The minimum Gasteiger partial charge on any atom is -0.490 e. The van der Waals surface area contributed by atoms with Gasteiger partial charge in [-0.2, -0.15) is 0 Å². The van der Waals surface area contributed by atoms with Crippen molar-refractivity contribution in [2.75, 3.05) is 18.6 Å². The molecule has 0 bridgehead atoms. The minimum atomic E-state index is -0.438. The Hall–Kier alpha value is -3.12. The largest absolute Gasteiger partial charge is 0.490 e. The maximum absolute atomic E-state index is 12.7. The molecule has 0 unspecified atom stereocenters. The molecule has 0 saturated heterocycles. The number of para-hydroxylation sites is 1. The number of hydrogen-bond acceptors (Lipinski definition) is 4. The molecule has 0 saturated carbocycles. The smallest absolute Gasteiger partial charge is 0.337 e. The van der Waals surface area contributed by atoms with Crippen LogP contribution in [0, 0.1) is 0 Å². The molecule has 1 atom stereocenters. The standard InChI is InChI=1S/C22H22N2O3S/c1-4-13-27-18-12-8-9-16(14-18)20-19(21(25)26-3)15(2)24(22(28)23-20)17-10-6-5-7-11-17/h4-12,14,20H,1,13H2,2-3H3,(H,23,28)/t20-/m1/s1. The molecule has 2 aromatic rings. The molecule has 1 heterocycles. The Morgan fingerprint density at radius 3 is 2.68 bits per heavy atom. The van der Waals surface area contributed by atoms with Gasteiger partial charge in [0.25, 0.3) is 0 Å². The summed E-state index contributed by atoms with van der Waals surface area (Å²) in [6.45, 7) is 5.94. The quantitative estimate of drug-likeness (QED) is 0.452. The maximum atomic E-state index is 12.7. The molecule has 1 N–H and O–H groups in total. The molecule has 0 fully saturated rings. The lowest BCUT2D eigenvalue weighted by Crippen LogP contribution is -2.48. The van der Waals surface area contributed by atoms with E-state index in [4.69, 9.17) is 21.7 Å². The van der Waals surface area contributed by atoms with Crippen LogP contribution >= 0.6 is 12.2 Å². The van der Waals surface area contributed by atoms with Crippen LogP contribution in [0.3, 0.4) is 0 Å². The fourth-order valence-corrected chi connectivity index (χ4v) is 3.55. The summed E-state index contributed by atoms with van der Waals surface area (Å²) in [7, 11) is 1.38. The Morgan fingerprint density at radius 2 is 2.00 bits per heavy atom. The Kier molecular flexibility index (Phi) is 6.11. The first kappa shape index (κ1) is 19.6. The van der Waals surface area contributed by atoms with Crippen LogP contribution < -0.4 is 15.0 Å². The monoisotopic (exact) mass is 394 g/mol. The molecule has 144 valence electrons. The molecule has 2 aromatic carbocycles. The second-order valence-electron chi connectivity index (χ2n) is 6.22. The van der Waals surface area contributed by atoms with Crippen molar-refractivity contribution in [3.8, 4) is 5.75 Å². The summed E-state index contributed by atoms with van der Waals surface area (Å²) in [6, 6.07) is 16.8. The lowest BCUT2D eigenvalue weighted by molar-refractivity contribution is -0.136. The predicted octanol–water partition coefficient (Wildman–Crippen LogP) is 4.13. The van der Waals surface area contributed by atoms with Gasteiger partial charge in [0, 0.05) is 11.4 Å². The van der Waals surface area contributed by atoms with Gasteiger partial charge in [0.2, 0.25) is 0 Å². The third-order valence-corrected chi connectivity index (χ3v) is 4.76. The number of methoxy groups -OCH3 is 1.